The molecule has 3 aromatic heterocycles. The van der Waals surface area contributed by atoms with E-state index in [0.29, 0.717) is 5.82 Å². The first kappa shape index (κ1) is 12.4. The quantitative estimate of drug-likeness (QED) is 0.768. The fourth-order valence-corrected chi connectivity index (χ4v) is 3.34. The van der Waals surface area contributed by atoms with Gasteiger partial charge in [0.25, 0.3) is 0 Å². The van der Waals surface area contributed by atoms with Gasteiger partial charge in [-0.3, -0.25) is 0 Å². The van der Waals surface area contributed by atoms with E-state index in [4.69, 9.17) is 5.73 Å². The van der Waals surface area contributed by atoms with Crippen molar-refractivity contribution >= 4 is 44.5 Å². The van der Waals surface area contributed by atoms with Crippen molar-refractivity contribution in [2.24, 2.45) is 0 Å². The number of aromatic nitrogens is 3. The molecule has 0 unspecified atom stereocenters. The Bertz CT molecular complexity index is 705. The number of imidazole rings is 1. The lowest BCUT2D eigenvalue weighted by Gasteiger charge is -2.07. The number of nitrogen functional groups attached to an aromatic ring is 1. The van der Waals surface area contributed by atoms with Crippen LogP contribution in [-0.2, 0) is 6.42 Å². The van der Waals surface area contributed by atoms with E-state index in [2.05, 4.69) is 43.3 Å². The molecule has 0 atom stereocenters. The predicted molar refractivity (Wildman–Crippen MR) is 81.6 cm³/mol. The zero-order chi connectivity index (χ0) is 13.2. The van der Waals surface area contributed by atoms with Crippen LogP contribution in [0.3, 0.4) is 0 Å². The van der Waals surface area contributed by atoms with Crippen LogP contribution in [0.25, 0.3) is 5.65 Å². The number of thiophene rings is 1. The number of nitrogens with zero attached hydrogens (tertiary/aromatic N) is 3. The molecule has 3 aromatic rings. The molecule has 98 valence electrons. The number of nitrogens with two attached hydrogens (primary N) is 1. The lowest BCUT2D eigenvalue weighted by Crippen LogP contribution is -2.08. The number of halogens is 1. The Morgan fingerprint density at radius 1 is 1.42 bits per heavy atom. The molecule has 0 aromatic carbocycles. The van der Waals surface area contributed by atoms with E-state index < -0.39 is 0 Å². The van der Waals surface area contributed by atoms with Gasteiger partial charge in [-0.2, -0.15) is 0 Å². The van der Waals surface area contributed by atoms with E-state index >= 15 is 0 Å². The summed E-state index contributed by atoms with van der Waals surface area (Å²) in [5.74, 6) is 1.20. The Morgan fingerprint density at radius 3 is 3.11 bits per heavy atom. The van der Waals surface area contributed by atoms with E-state index in [9.17, 15) is 0 Å². The molecule has 0 radical (unpaired) electrons. The topological polar surface area (TPSA) is 68.2 Å². The van der Waals surface area contributed by atoms with Crippen LogP contribution in [-0.4, -0.2) is 20.9 Å². The number of hydrogen-bond donors (Lipinski definition) is 2. The van der Waals surface area contributed by atoms with Gasteiger partial charge in [0.05, 0.1) is 9.98 Å². The van der Waals surface area contributed by atoms with Gasteiger partial charge in [-0.05, 0) is 34.5 Å². The highest BCUT2D eigenvalue weighted by molar-refractivity contribution is 9.11. The van der Waals surface area contributed by atoms with E-state index in [1.807, 2.05) is 10.6 Å². The van der Waals surface area contributed by atoms with E-state index in [1.165, 1.54) is 4.88 Å². The summed E-state index contributed by atoms with van der Waals surface area (Å²) in [4.78, 5) is 9.88. The second-order valence-electron chi connectivity index (χ2n) is 4.06. The van der Waals surface area contributed by atoms with Crippen LogP contribution in [0.4, 0.5) is 11.6 Å². The molecule has 0 fully saturated rings. The summed E-state index contributed by atoms with van der Waals surface area (Å²) in [6, 6.07) is 4.18. The van der Waals surface area contributed by atoms with Crippen LogP contribution in [0.2, 0.25) is 0 Å². The molecule has 3 N–H and O–H groups in total. The molecule has 0 aliphatic carbocycles. The zero-order valence-corrected chi connectivity index (χ0v) is 12.4. The minimum atomic E-state index is 0.479. The Morgan fingerprint density at radius 2 is 2.32 bits per heavy atom. The molecule has 7 heteroatoms. The van der Waals surface area contributed by atoms with Crippen molar-refractivity contribution in [2.75, 3.05) is 17.6 Å². The maximum atomic E-state index is 5.77. The highest BCUT2D eigenvalue weighted by atomic mass is 79.9. The Kier molecular flexibility index (Phi) is 3.39. The van der Waals surface area contributed by atoms with Crippen molar-refractivity contribution in [1.29, 1.82) is 0 Å². The summed E-state index contributed by atoms with van der Waals surface area (Å²) >= 11 is 5.20. The molecular weight excluding hydrogens is 326 g/mol. The third-order valence-corrected chi connectivity index (χ3v) is 4.37. The van der Waals surface area contributed by atoms with Crippen molar-refractivity contribution in [2.45, 2.75) is 6.42 Å². The number of rotatable bonds is 4. The molecule has 0 saturated heterocycles. The zero-order valence-electron chi connectivity index (χ0n) is 10.0. The third-order valence-electron chi connectivity index (χ3n) is 2.69. The molecule has 0 aliphatic rings. The van der Waals surface area contributed by atoms with Crippen LogP contribution in [0.15, 0.2) is 34.5 Å². The summed E-state index contributed by atoms with van der Waals surface area (Å²) in [5, 5.41) is 3.29. The molecule has 19 heavy (non-hydrogen) atoms. The molecule has 0 bridgehead atoms. The van der Waals surface area contributed by atoms with Crippen molar-refractivity contribution in [3.63, 3.8) is 0 Å². The minimum absolute atomic E-state index is 0.479. The van der Waals surface area contributed by atoms with Crippen molar-refractivity contribution < 1.29 is 0 Å². The highest BCUT2D eigenvalue weighted by Gasteiger charge is 2.05. The molecule has 0 saturated carbocycles. The highest BCUT2D eigenvalue weighted by Crippen LogP contribution is 2.22. The fourth-order valence-electron chi connectivity index (χ4n) is 1.86. The molecule has 5 nitrogen and oxygen atoms in total. The van der Waals surface area contributed by atoms with Gasteiger partial charge in [0, 0.05) is 23.8 Å². The Balaban J connectivity index is 1.73. The maximum Gasteiger partial charge on any atom is 0.180 e. The average molecular weight is 338 g/mol. The summed E-state index contributed by atoms with van der Waals surface area (Å²) in [6.07, 6.45) is 6.29. The van der Waals surface area contributed by atoms with Crippen LogP contribution < -0.4 is 11.1 Å². The third kappa shape index (κ3) is 2.71. The van der Waals surface area contributed by atoms with Gasteiger partial charge in [0.1, 0.15) is 5.82 Å². The summed E-state index contributed by atoms with van der Waals surface area (Å²) in [7, 11) is 0. The van der Waals surface area contributed by atoms with Crippen LogP contribution >= 0.6 is 27.3 Å². The molecule has 0 aliphatic heterocycles. The Labute approximate surface area is 122 Å². The van der Waals surface area contributed by atoms with Crippen LogP contribution in [0, 0.1) is 0 Å². The average Bonchev–Trinajstić information content (AvgIpc) is 2.98. The molecule has 3 rings (SSSR count). The van der Waals surface area contributed by atoms with Crippen molar-refractivity contribution in [3.05, 3.63) is 39.4 Å². The van der Waals surface area contributed by atoms with Gasteiger partial charge < -0.3 is 15.5 Å². The van der Waals surface area contributed by atoms with Gasteiger partial charge in [0.2, 0.25) is 0 Å². The standard InChI is InChI=1S/C12H12BrN5S/c13-9-2-1-8(19-9)3-4-15-11-12-16-5-6-18(12)7-10(14)17-11/h1-2,5-7H,3-4,14H2,(H,15,17). The molecule has 0 spiro atoms. The van der Waals surface area contributed by atoms with E-state index in [1.54, 1.807) is 23.7 Å². The number of nitrogens with one attached hydrogen (secondary N) is 1. The second kappa shape index (κ2) is 5.18. The van der Waals surface area contributed by atoms with E-state index in [0.717, 1.165) is 28.2 Å². The maximum absolute atomic E-state index is 5.77. The Hall–Kier alpha value is -1.60. The predicted octanol–water partition coefficient (Wildman–Crippen LogP) is 2.79. The van der Waals surface area contributed by atoms with Crippen molar-refractivity contribution in [3.8, 4) is 0 Å². The van der Waals surface area contributed by atoms with Crippen LogP contribution in [0.1, 0.15) is 4.88 Å². The number of anilines is 2. The van der Waals surface area contributed by atoms with Gasteiger partial charge in [-0.15, -0.1) is 11.3 Å². The lowest BCUT2D eigenvalue weighted by atomic mass is 10.3. The fraction of sp³-hybridized carbons (Fsp3) is 0.167. The normalized spacial score (nSPS) is 11.0. The van der Waals surface area contributed by atoms with Gasteiger partial charge in [-0.1, -0.05) is 0 Å². The lowest BCUT2D eigenvalue weighted by molar-refractivity contribution is 1.02. The number of fused-ring (bicyclic) bond motifs is 1. The summed E-state index contributed by atoms with van der Waals surface area (Å²) in [5.41, 5.74) is 6.56. The van der Waals surface area contributed by atoms with Gasteiger partial charge in [-0.25, -0.2) is 9.97 Å². The SMILES string of the molecule is Nc1cn2ccnc2c(NCCc2ccc(Br)s2)n1. The number of hydrogen-bond acceptors (Lipinski definition) is 5. The smallest absolute Gasteiger partial charge is 0.180 e. The molecule has 0 amide bonds. The largest absolute Gasteiger partial charge is 0.382 e. The first-order valence-corrected chi connectivity index (χ1v) is 7.40. The summed E-state index contributed by atoms with van der Waals surface area (Å²) in [6.45, 7) is 0.798. The molecular formula is C12H12BrN5S. The monoisotopic (exact) mass is 337 g/mol. The minimum Gasteiger partial charge on any atom is -0.382 e. The summed E-state index contributed by atoms with van der Waals surface area (Å²) < 4.78 is 3.02. The van der Waals surface area contributed by atoms with Crippen LogP contribution in [0.5, 0.6) is 0 Å². The molecule has 3 heterocycles. The van der Waals surface area contributed by atoms with Crippen molar-refractivity contribution in [1.82, 2.24) is 14.4 Å². The first-order chi connectivity index (χ1) is 9.22. The van der Waals surface area contributed by atoms with Gasteiger partial charge >= 0.3 is 0 Å². The van der Waals surface area contributed by atoms with E-state index in [-0.39, 0.29) is 0 Å². The van der Waals surface area contributed by atoms with Gasteiger partial charge in [0.15, 0.2) is 11.5 Å². The first-order valence-electron chi connectivity index (χ1n) is 5.79. The second-order valence-corrected chi connectivity index (χ2v) is 6.60.